The molecule has 0 bridgehead atoms. The van der Waals surface area contributed by atoms with Crippen LogP contribution < -0.4 is 0 Å². The Bertz CT molecular complexity index is 551. The van der Waals surface area contributed by atoms with Crippen molar-refractivity contribution < 1.29 is 0 Å². The minimum absolute atomic E-state index is 0.177. The van der Waals surface area contributed by atoms with Crippen LogP contribution in [0.1, 0.15) is 20.8 Å². The zero-order valence-electron chi connectivity index (χ0n) is 8.81. The lowest BCUT2D eigenvalue weighted by Gasteiger charge is -2.11. The van der Waals surface area contributed by atoms with Crippen LogP contribution in [-0.4, -0.2) is 0 Å². The van der Waals surface area contributed by atoms with Gasteiger partial charge < -0.3 is 0 Å². The van der Waals surface area contributed by atoms with E-state index in [4.69, 9.17) is 11.6 Å². The van der Waals surface area contributed by atoms with E-state index in [-0.39, 0.29) is 4.83 Å². The second-order valence-electron chi connectivity index (χ2n) is 3.60. The number of hydrogen-bond donors (Lipinski definition) is 0. The summed E-state index contributed by atoms with van der Waals surface area (Å²) in [5.41, 5.74) is 2.44. The highest BCUT2D eigenvalue weighted by Gasteiger charge is 2.16. The molecule has 0 fully saturated rings. The Morgan fingerprint density at radius 2 is 1.94 bits per heavy atom. The molecule has 0 N–H and O–H groups in total. The molecule has 0 aliphatic carbocycles. The van der Waals surface area contributed by atoms with Gasteiger partial charge in [-0.15, -0.1) is 11.3 Å². The van der Waals surface area contributed by atoms with Crippen LogP contribution >= 0.6 is 70.7 Å². The number of benzene rings is 1. The first-order valence-corrected chi connectivity index (χ1v) is 8.53. The number of aryl methyl sites for hydroxylation is 1. The van der Waals surface area contributed by atoms with Crippen LogP contribution in [0.3, 0.4) is 0 Å². The maximum atomic E-state index is 6.12. The summed E-state index contributed by atoms with van der Waals surface area (Å²) in [5, 5.41) is 0.735. The molecule has 1 atom stereocenters. The first-order valence-electron chi connectivity index (χ1n) is 4.84. The predicted molar refractivity (Wildman–Crippen MR) is 86.7 cm³/mol. The fraction of sp³-hybridized carbons (Fsp3) is 0.167. The Morgan fingerprint density at radius 3 is 2.47 bits per heavy atom. The first kappa shape index (κ1) is 14.1. The maximum Gasteiger partial charge on any atom is 0.0704 e. The van der Waals surface area contributed by atoms with Gasteiger partial charge in [-0.05, 0) is 68.1 Å². The highest BCUT2D eigenvalue weighted by molar-refractivity contribution is 9.11. The summed E-state index contributed by atoms with van der Waals surface area (Å²) in [6.45, 7) is 2.12. The largest absolute Gasteiger partial charge is 0.133 e. The second kappa shape index (κ2) is 5.74. The van der Waals surface area contributed by atoms with E-state index >= 15 is 0 Å². The predicted octanol–water partition coefficient (Wildman–Crippen LogP) is 6.72. The SMILES string of the molecule is Cc1sc(Br)cc1C(Br)c1ccc(Br)c(Cl)c1. The minimum Gasteiger partial charge on any atom is -0.133 e. The third-order valence-corrected chi connectivity index (χ3v) is 6.26. The molecule has 0 aliphatic heterocycles. The number of alkyl halides is 1. The van der Waals surface area contributed by atoms with Gasteiger partial charge in [-0.3, -0.25) is 0 Å². The van der Waals surface area contributed by atoms with Gasteiger partial charge in [0.05, 0.1) is 13.6 Å². The summed E-state index contributed by atoms with van der Waals surface area (Å²) in [7, 11) is 0. The molecule has 1 heterocycles. The highest BCUT2D eigenvalue weighted by atomic mass is 79.9. The minimum atomic E-state index is 0.177. The Hall–Kier alpha value is 0.650. The van der Waals surface area contributed by atoms with Crippen molar-refractivity contribution in [1.29, 1.82) is 0 Å². The van der Waals surface area contributed by atoms with Crippen molar-refractivity contribution in [2.24, 2.45) is 0 Å². The number of thiophene rings is 1. The van der Waals surface area contributed by atoms with Crippen molar-refractivity contribution in [3.05, 3.63) is 53.6 Å². The van der Waals surface area contributed by atoms with E-state index in [0.29, 0.717) is 0 Å². The van der Waals surface area contributed by atoms with Crippen LogP contribution in [0.15, 0.2) is 32.5 Å². The summed E-state index contributed by atoms with van der Waals surface area (Å²) < 4.78 is 2.07. The van der Waals surface area contributed by atoms with Crippen LogP contribution in [-0.2, 0) is 0 Å². The van der Waals surface area contributed by atoms with Crippen LogP contribution in [0.4, 0.5) is 0 Å². The van der Waals surface area contributed by atoms with Gasteiger partial charge in [0.1, 0.15) is 0 Å². The standard InChI is InChI=1S/C12H8Br3ClS/c1-6-8(5-11(14)17-6)12(15)7-2-3-9(13)10(16)4-7/h2-5,12H,1H3. The molecule has 0 saturated heterocycles. The highest BCUT2D eigenvalue weighted by Crippen LogP contribution is 2.39. The topological polar surface area (TPSA) is 0 Å². The van der Waals surface area contributed by atoms with Gasteiger partial charge in [-0.1, -0.05) is 33.6 Å². The monoisotopic (exact) mass is 456 g/mol. The lowest BCUT2D eigenvalue weighted by Crippen LogP contribution is -1.92. The summed E-state index contributed by atoms with van der Waals surface area (Å²) in [5.74, 6) is 0. The van der Waals surface area contributed by atoms with Gasteiger partial charge >= 0.3 is 0 Å². The molecule has 0 spiro atoms. The molecule has 0 nitrogen and oxygen atoms in total. The van der Waals surface area contributed by atoms with Gasteiger partial charge in [0.25, 0.3) is 0 Å². The zero-order chi connectivity index (χ0) is 12.6. The maximum absolute atomic E-state index is 6.12. The average molecular weight is 459 g/mol. The van der Waals surface area contributed by atoms with E-state index in [1.807, 2.05) is 12.1 Å². The fourth-order valence-electron chi connectivity index (χ4n) is 1.56. The molecule has 90 valence electrons. The quantitative estimate of drug-likeness (QED) is 0.438. The van der Waals surface area contributed by atoms with Crippen LogP contribution in [0.25, 0.3) is 0 Å². The number of halogens is 4. The molecule has 1 aromatic carbocycles. The van der Waals surface area contributed by atoms with Gasteiger partial charge in [0, 0.05) is 9.35 Å². The number of rotatable bonds is 2. The molecule has 0 saturated carbocycles. The second-order valence-corrected chi connectivity index (χ2v) is 8.41. The Balaban J connectivity index is 2.40. The van der Waals surface area contributed by atoms with E-state index in [2.05, 4.69) is 66.8 Å². The summed E-state index contributed by atoms with van der Waals surface area (Å²) in [6, 6.07) is 8.18. The lowest BCUT2D eigenvalue weighted by atomic mass is 10.1. The van der Waals surface area contributed by atoms with Crippen molar-refractivity contribution in [2.75, 3.05) is 0 Å². The Labute approximate surface area is 135 Å². The smallest absolute Gasteiger partial charge is 0.0704 e. The van der Waals surface area contributed by atoms with Gasteiger partial charge in [-0.25, -0.2) is 0 Å². The van der Waals surface area contributed by atoms with Crippen LogP contribution in [0.5, 0.6) is 0 Å². The first-order chi connectivity index (χ1) is 7.99. The van der Waals surface area contributed by atoms with Gasteiger partial charge in [0.2, 0.25) is 0 Å². The van der Waals surface area contributed by atoms with Crippen molar-refractivity contribution in [3.8, 4) is 0 Å². The summed E-state index contributed by atoms with van der Waals surface area (Å²) in [4.78, 5) is 1.48. The molecule has 2 rings (SSSR count). The van der Waals surface area contributed by atoms with E-state index in [1.54, 1.807) is 11.3 Å². The van der Waals surface area contributed by atoms with E-state index in [0.717, 1.165) is 18.8 Å². The van der Waals surface area contributed by atoms with Crippen molar-refractivity contribution in [1.82, 2.24) is 0 Å². The normalized spacial score (nSPS) is 12.8. The fourth-order valence-corrected chi connectivity index (χ4v) is 4.66. The Morgan fingerprint density at radius 1 is 1.24 bits per heavy atom. The summed E-state index contributed by atoms with van der Waals surface area (Å²) in [6.07, 6.45) is 0. The molecule has 0 aliphatic rings. The third-order valence-electron chi connectivity index (χ3n) is 2.44. The summed E-state index contributed by atoms with van der Waals surface area (Å²) >= 11 is 18.5. The number of hydrogen-bond acceptors (Lipinski definition) is 1. The molecule has 2 aromatic rings. The van der Waals surface area contributed by atoms with Crippen LogP contribution in [0, 0.1) is 6.92 Å². The third kappa shape index (κ3) is 3.16. The van der Waals surface area contributed by atoms with Gasteiger partial charge in [0.15, 0.2) is 0 Å². The van der Waals surface area contributed by atoms with Gasteiger partial charge in [-0.2, -0.15) is 0 Å². The lowest BCUT2D eigenvalue weighted by molar-refractivity contribution is 1.17. The molecular formula is C12H8Br3ClS. The Kier molecular flexibility index (Phi) is 4.75. The van der Waals surface area contributed by atoms with Crippen molar-refractivity contribution >= 4 is 70.7 Å². The zero-order valence-corrected chi connectivity index (χ0v) is 15.1. The molecular weight excluding hydrogens is 451 g/mol. The van der Waals surface area contributed by atoms with Crippen LogP contribution in [0.2, 0.25) is 5.02 Å². The van der Waals surface area contributed by atoms with E-state index in [9.17, 15) is 0 Å². The molecule has 17 heavy (non-hydrogen) atoms. The molecule has 1 aromatic heterocycles. The molecule has 0 radical (unpaired) electrons. The van der Waals surface area contributed by atoms with Crippen molar-refractivity contribution in [3.63, 3.8) is 0 Å². The molecule has 0 amide bonds. The molecule has 5 heteroatoms. The average Bonchev–Trinajstić information content (AvgIpc) is 2.61. The molecule has 1 unspecified atom stereocenters. The van der Waals surface area contributed by atoms with E-state index < -0.39 is 0 Å². The van der Waals surface area contributed by atoms with E-state index in [1.165, 1.54) is 10.4 Å². The van der Waals surface area contributed by atoms with Crippen molar-refractivity contribution in [2.45, 2.75) is 11.8 Å².